The Morgan fingerprint density at radius 3 is 2.27 bits per heavy atom. The number of likely N-dealkylation sites (N-methyl/N-ethyl adjacent to an activating group) is 1. The number of phenols is 1. The lowest BCUT2D eigenvalue weighted by molar-refractivity contribution is -0.127. The fourth-order valence-electron chi connectivity index (χ4n) is 7.12. The highest BCUT2D eigenvalue weighted by Gasteiger charge is 2.54. The van der Waals surface area contributed by atoms with E-state index in [0.717, 1.165) is 11.3 Å². The fourth-order valence-corrected chi connectivity index (χ4v) is 7.12. The maximum absolute atomic E-state index is 14.2. The third-order valence-electron chi connectivity index (χ3n) is 9.12. The zero-order valence-electron chi connectivity index (χ0n) is 25.9. The molecule has 6 N–H and O–H groups in total. The first kappa shape index (κ1) is 31.7. The maximum Gasteiger partial charge on any atom is 0.337 e. The Morgan fingerprint density at radius 1 is 1.02 bits per heavy atom. The molecule has 0 spiro atoms. The Kier molecular flexibility index (Phi) is 8.47. The Hall–Kier alpha value is -4.68. The van der Waals surface area contributed by atoms with Gasteiger partial charge >= 0.3 is 5.97 Å². The van der Waals surface area contributed by atoms with E-state index in [4.69, 9.17) is 10.5 Å². The number of ether oxygens (including phenoxy) is 1. The number of nitrogens with two attached hydrogens (primary N) is 1. The monoisotopic (exact) mass is 618 g/mol. The van der Waals surface area contributed by atoms with Crippen LogP contribution in [0.25, 0.3) is 0 Å². The number of benzene rings is 2. The number of Topliss-reactive ketones (excluding diaryl/α,β-unsaturated/α-hetero) is 2. The van der Waals surface area contributed by atoms with Gasteiger partial charge in [0.1, 0.15) is 22.8 Å². The van der Waals surface area contributed by atoms with Crippen molar-refractivity contribution in [3.8, 4) is 5.75 Å². The third kappa shape index (κ3) is 5.33. The van der Waals surface area contributed by atoms with Gasteiger partial charge in [-0.25, -0.2) is 4.79 Å². The van der Waals surface area contributed by atoms with Crippen LogP contribution in [0.15, 0.2) is 53.0 Å². The summed E-state index contributed by atoms with van der Waals surface area (Å²) in [5.74, 6) is -6.36. The minimum absolute atomic E-state index is 0.0376. The van der Waals surface area contributed by atoms with E-state index in [-0.39, 0.29) is 29.9 Å². The number of aliphatic hydroxyl groups is 2. The van der Waals surface area contributed by atoms with E-state index < -0.39 is 64.3 Å². The van der Waals surface area contributed by atoms with Crippen LogP contribution in [-0.2, 0) is 33.8 Å². The summed E-state index contributed by atoms with van der Waals surface area (Å²) < 4.78 is 4.73. The van der Waals surface area contributed by atoms with Gasteiger partial charge in [-0.1, -0.05) is 12.1 Å². The number of aromatic hydroxyl groups is 1. The number of nitrogens with one attached hydrogen (secondary N) is 1. The number of fused-ring (bicyclic) bond motifs is 3. The van der Waals surface area contributed by atoms with Crippen molar-refractivity contribution in [3.63, 3.8) is 0 Å². The SMILES string of the molecule is COC(=O)c1ccc(CNCc2cc(N(C)C)c3c(c2O)C(=O)C2=C(O)C4C(=O)C(C(N)=O)=C(O)[C@H](N(C)C)C4CC2C3)cc1. The maximum atomic E-state index is 14.2. The van der Waals surface area contributed by atoms with E-state index in [0.29, 0.717) is 29.7 Å². The summed E-state index contributed by atoms with van der Waals surface area (Å²) in [5.41, 5.74) is 8.14. The lowest BCUT2D eigenvalue weighted by Gasteiger charge is -2.46. The van der Waals surface area contributed by atoms with Crippen LogP contribution in [0.4, 0.5) is 5.69 Å². The van der Waals surface area contributed by atoms with Gasteiger partial charge in [-0.05, 0) is 68.1 Å². The molecule has 0 radical (unpaired) electrons. The summed E-state index contributed by atoms with van der Waals surface area (Å²) >= 11 is 0. The van der Waals surface area contributed by atoms with E-state index in [1.54, 1.807) is 43.3 Å². The molecule has 12 heteroatoms. The number of allylic oxidation sites excluding steroid dienone is 2. The first-order chi connectivity index (χ1) is 21.3. The number of anilines is 1. The predicted molar refractivity (Wildman–Crippen MR) is 165 cm³/mol. The summed E-state index contributed by atoms with van der Waals surface area (Å²) in [4.78, 5) is 55.1. The first-order valence-corrected chi connectivity index (χ1v) is 14.6. The van der Waals surface area contributed by atoms with Crippen LogP contribution in [0.3, 0.4) is 0 Å². The molecule has 3 unspecified atom stereocenters. The highest BCUT2D eigenvalue weighted by molar-refractivity contribution is 6.22. The molecular formula is C33H38N4O8. The van der Waals surface area contributed by atoms with Crippen molar-refractivity contribution in [2.24, 2.45) is 23.5 Å². The lowest BCUT2D eigenvalue weighted by Crippen LogP contribution is -2.53. The fraction of sp³-hybridized carbons (Fsp3) is 0.394. The minimum atomic E-state index is -1.24. The van der Waals surface area contributed by atoms with E-state index >= 15 is 0 Å². The van der Waals surface area contributed by atoms with Gasteiger partial charge in [0, 0.05) is 44.0 Å². The van der Waals surface area contributed by atoms with Gasteiger partial charge in [0.2, 0.25) is 0 Å². The van der Waals surface area contributed by atoms with Crippen LogP contribution in [-0.4, -0.2) is 85.0 Å². The third-order valence-corrected chi connectivity index (χ3v) is 9.12. The average Bonchev–Trinajstić information content (AvgIpc) is 2.97. The Balaban J connectivity index is 1.50. The summed E-state index contributed by atoms with van der Waals surface area (Å²) in [6, 6.07) is 7.96. The Morgan fingerprint density at radius 2 is 1.69 bits per heavy atom. The molecule has 0 fully saturated rings. The van der Waals surface area contributed by atoms with Gasteiger partial charge in [-0.2, -0.15) is 0 Å². The molecule has 5 rings (SSSR count). The quantitative estimate of drug-likeness (QED) is 0.216. The molecule has 4 atom stereocenters. The number of amides is 1. The van der Waals surface area contributed by atoms with E-state index in [2.05, 4.69) is 5.32 Å². The molecule has 45 heavy (non-hydrogen) atoms. The number of carbonyl (C=O) groups excluding carboxylic acids is 4. The topological polar surface area (TPSA) is 183 Å². The molecule has 3 aliphatic carbocycles. The zero-order valence-corrected chi connectivity index (χ0v) is 25.9. The van der Waals surface area contributed by atoms with Crippen molar-refractivity contribution >= 4 is 29.1 Å². The summed E-state index contributed by atoms with van der Waals surface area (Å²) in [5, 5.41) is 37.2. The number of ketones is 2. The molecule has 1 amide bonds. The molecule has 0 aliphatic heterocycles. The second-order valence-corrected chi connectivity index (χ2v) is 12.2. The van der Waals surface area contributed by atoms with Crippen molar-refractivity contribution in [3.05, 3.63) is 80.8 Å². The minimum Gasteiger partial charge on any atom is -0.511 e. The molecule has 3 aliphatic rings. The van der Waals surface area contributed by atoms with Crippen LogP contribution < -0.4 is 16.0 Å². The predicted octanol–water partition coefficient (Wildman–Crippen LogP) is 2.15. The van der Waals surface area contributed by atoms with Crippen molar-refractivity contribution in [2.45, 2.75) is 32.0 Å². The normalized spacial score (nSPS) is 22.6. The molecular weight excluding hydrogens is 580 g/mol. The van der Waals surface area contributed by atoms with Crippen molar-refractivity contribution in [1.29, 1.82) is 0 Å². The number of aliphatic hydroxyl groups excluding tert-OH is 2. The summed E-state index contributed by atoms with van der Waals surface area (Å²) in [7, 11) is 8.38. The van der Waals surface area contributed by atoms with Crippen molar-refractivity contribution < 1.29 is 39.2 Å². The number of primary amides is 1. The van der Waals surface area contributed by atoms with Gasteiger partial charge in [-0.15, -0.1) is 0 Å². The van der Waals surface area contributed by atoms with E-state index in [1.807, 2.05) is 25.1 Å². The number of esters is 1. The average molecular weight is 619 g/mol. The summed E-state index contributed by atoms with van der Waals surface area (Å²) in [6.07, 6.45) is 0.595. The van der Waals surface area contributed by atoms with E-state index in [9.17, 15) is 34.5 Å². The van der Waals surface area contributed by atoms with Gasteiger partial charge in [0.15, 0.2) is 11.6 Å². The molecule has 12 nitrogen and oxygen atoms in total. The molecule has 0 aromatic heterocycles. The molecule has 2 aromatic carbocycles. The lowest BCUT2D eigenvalue weighted by atomic mass is 9.60. The molecule has 0 bridgehead atoms. The van der Waals surface area contributed by atoms with Crippen molar-refractivity contribution in [2.75, 3.05) is 40.2 Å². The zero-order chi connectivity index (χ0) is 32.9. The number of hydrogen-bond donors (Lipinski definition) is 5. The van der Waals surface area contributed by atoms with Crippen molar-refractivity contribution in [1.82, 2.24) is 10.2 Å². The smallest absolute Gasteiger partial charge is 0.337 e. The number of nitrogens with zero attached hydrogens (tertiary/aromatic N) is 2. The second kappa shape index (κ2) is 12.0. The molecule has 0 saturated heterocycles. The highest BCUT2D eigenvalue weighted by atomic mass is 16.5. The largest absolute Gasteiger partial charge is 0.511 e. The van der Waals surface area contributed by atoms with E-state index in [1.165, 1.54) is 7.11 Å². The molecule has 2 aromatic rings. The van der Waals surface area contributed by atoms with Gasteiger partial charge < -0.3 is 36.0 Å². The van der Waals surface area contributed by atoms with Crippen LogP contribution in [0, 0.1) is 17.8 Å². The van der Waals surface area contributed by atoms with Gasteiger partial charge in [-0.3, -0.25) is 19.3 Å². The number of phenolic OH excluding ortho intramolecular Hbond substituents is 1. The van der Waals surface area contributed by atoms with Gasteiger partial charge in [0.05, 0.1) is 30.2 Å². The van der Waals surface area contributed by atoms with Crippen LogP contribution in [0.5, 0.6) is 5.75 Å². The molecule has 0 saturated carbocycles. The standard InChI is InChI=1S/C33H38N4O8/c1-36(2)21-12-18(14-35-13-15-6-8-16(9-7-15)33(44)45-5)27(38)23-19(21)10-17-11-20-24(29(40)22(17)28(23)39)30(41)25(32(34)43)31(42)26(20)37(3)4/h6-9,12,17,20,24,26,35,38,40,42H,10-11,13-14H2,1-5H3,(H2,34,43)/t17?,20?,24?,26-/m1/s1. The molecule has 0 heterocycles. The van der Waals surface area contributed by atoms with Crippen LogP contribution in [0.2, 0.25) is 0 Å². The highest BCUT2D eigenvalue weighted by Crippen LogP contribution is 2.51. The second-order valence-electron chi connectivity index (χ2n) is 12.2. The van der Waals surface area contributed by atoms with Crippen LogP contribution in [0.1, 0.15) is 43.8 Å². The molecule has 238 valence electrons. The number of hydrogen-bond acceptors (Lipinski definition) is 11. The number of rotatable bonds is 8. The Bertz CT molecular complexity index is 1660. The summed E-state index contributed by atoms with van der Waals surface area (Å²) in [6.45, 7) is 0.623. The Labute approximate surface area is 260 Å². The first-order valence-electron chi connectivity index (χ1n) is 14.6. The number of methoxy groups -OCH3 is 1. The van der Waals surface area contributed by atoms with Crippen LogP contribution >= 0.6 is 0 Å². The van der Waals surface area contributed by atoms with Gasteiger partial charge in [0.25, 0.3) is 5.91 Å². The number of carbonyl (C=O) groups is 4.